The van der Waals surface area contributed by atoms with E-state index in [4.69, 9.17) is 14.2 Å². The summed E-state index contributed by atoms with van der Waals surface area (Å²) in [5.41, 5.74) is 8.35. The fourth-order valence-corrected chi connectivity index (χ4v) is 5.30. The maximum absolute atomic E-state index is 12.1. The van der Waals surface area contributed by atoms with Crippen LogP contribution in [-0.2, 0) is 9.47 Å². The van der Waals surface area contributed by atoms with Crippen LogP contribution in [0.25, 0.3) is 39.1 Å². The van der Waals surface area contributed by atoms with Crippen LogP contribution in [0.15, 0.2) is 54.7 Å². The lowest BCUT2D eigenvalue weighted by Gasteiger charge is -2.24. The maximum Gasteiger partial charge on any atom is 0.411 e. The average molecular weight is 527 g/mol. The van der Waals surface area contributed by atoms with E-state index in [0.29, 0.717) is 5.69 Å². The smallest absolute Gasteiger partial charge is 0.411 e. The Balaban J connectivity index is 1.47. The monoisotopic (exact) mass is 526 g/mol. The van der Waals surface area contributed by atoms with Crippen LogP contribution in [0, 0.1) is 6.92 Å². The lowest BCUT2D eigenvalue weighted by molar-refractivity contribution is 0.0256. The van der Waals surface area contributed by atoms with Gasteiger partial charge in [-0.25, -0.2) is 4.79 Å². The van der Waals surface area contributed by atoms with Gasteiger partial charge in [-0.15, -0.1) is 0 Å². The standard InChI is InChI=1S/C31H34N4O4/c1-19(2)38-31(36)33-22-9-7-21(8-10-22)30-28(29-20(3)18-32-34-29)26-12-11-25(39-24-13-15-37-16-14-24)17-27(26)35(30)23-5-4-6-23/h5,7-12,17-19,24H,4,6,13-16H2,1-3H3,(H,32,34)(H,33,36). The van der Waals surface area contributed by atoms with E-state index in [1.165, 1.54) is 5.70 Å². The molecule has 0 radical (unpaired) electrons. The van der Waals surface area contributed by atoms with E-state index in [-0.39, 0.29) is 12.2 Å². The molecule has 0 unspecified atom stereocenters. The molecule has 39 heavy (non-hydrogen) atoms. The van der Waals surface area contributed by atoms with Crippen LogP contribution in [0.5, 0.6) is 5.75 Å². The Morgan fingerprint density at radius 3 is 2.56 bits per heavy atom. The van der Waals surface area contributed by atoms with Crippen LogP contribution in [0.3, 0.4) is 0 Å². The topological polar surface area (TPSA) is 90.4 Å². The Morgan fingerprint density at radius 1 is 1.15 bits per heavy atom. The summed E-state index contributed by atoms with van der Waals surface area (Å²) in [6, 6.07) is 14.3. The molecule has 2 aliphatic rings. The Labute approximate surface area is 228 Å². The number of amides is 1. The van der Waals surface area contributed by atoms with Crippen molar-refractivity contribution in [1.29, 1.82) is 0 Å². The summed E-state index contributed by atoms with van der Waals surface area (Å²) < 4.78 is 19.5. The number of ether oxygens (including phenoxy) is 3. The highest BCUT2D eigenvalue weighted by atomic mass is 16.6. The van der Waals surface area contributed by atoms with Gasteiger partial charge in [0.05, 0.1) is 42.4 Å². The quantitative estimate of drug-likeness (QED) is 0.267. The number of allylic oxidation sites excluding steroid dienone is 2. The van der Waals surface area contributed by atoms with Crippen molar-refractivity contribution in [2.24, 2.45) is 0 Å². The second kappa shape index (κ2) is 10.6. The maximum atomic E-state index is 12.1. The molecule has 3 heterocycles. The van der Waals surface area contributed by atoms with Crippen LogP contribution in [0.2, 0.25) is 0 Å². The molecule has 1 aliphatic carbocycles. The molecule has 2 N–H and O–H groups in total. The summed E-state index contributed by atoms with van der Waals surface area (Å²) >= 11 is 0. The molecule has 2 aromatic heterocycles. The highest BCUT2D eigenvalue weighted by Gasteiger charge is 2.26. The molecule has 6 rings (SSSR count). The van der Waals surface area contributed by atoms with E-state index in [1.54, 1.807) is 0 Å². The van der Waals surface area contributed by atoms with Gasteiger partial charge >= 0.3 is 6.09 Å². The predicted octanol–water partition coefficient (Wildman–Crippen LogP) is 7.16. The zero-order valence-electron chi connectivity index (χ0n) is 22.6. The first-order chi connectivity index (χ1) is 19.0. The number of hydrogen-bond donors (Lipinski definition) is 2. The Bertz CT molecular complexity index is 1520. The fraction of sp³-hybridized carbons (Fsp3) is 0.355. The molecule has 8 nitrogen and oxygen atoms in total. The van der Waals surface area contributed by atoms with Crippen molar-refractivity contribution in [3.05, 3.63) is 60.3 Å². The van der Waals surface area contributed by atoms with Crippen LogP contribution >= 0.6 is 0 Å². The van der Waals surface area contributed by atoms with Crippen molar-refractivity contribution < 1.29 is 19.0 Å². The van der Waals surface area contributed by atoms with E-state index < -0.39 is 6.09 Å². The van der Waals surface area contributed by atoms with E-state index in [9.17, 15) is 4.79 Å². The lowest BCUT2D eigenvalue weighted by atomic mass is 9.99. The zero-order chi connectivity index (χ0) is 26.9. The molecule has 202 valence electrons. The summed E-state index contributed by atoms with van der Waals surface area (Å²) in [5, 5.41) is 11.5. The second-order valence-electron chi connectivity index (χ2n) is 10.5. The van der Waals surface area contributed by atoms with Gasteiger partial charge in [-0.1, -0.05) is 18.2 Å². The van der Waals surface area contributed by atoms with Crippen molar-refractivity contribution in [3.63, 3.8) is 0 Å². The van der Waals surface area contributed by atoms with Gasteiger partial charge in [-0.2, -0.15) is 5.10 Å². The molecule has 1 amide bonds. The van der Waals surface area contributed by atoms with Crippen molar-refractivity contribution in [2.45, 2.75) is 58.7 Å². The molecular formula is C31H34N4O4. The van der Waals surface area contributed by atoms with Gasteiger partial charge in [0.15, 0.2) is 0 Å². The average Bonchev–Trinajstić information content (AvgIpc) is 3.44. The number of nitrogens with zero attached hydrogens (tertiary/aromatic N) is 2. The number of fused-ring (bicyclic) bond motifs is 1. The van der Waals surface area contributed by atoms with Crippen molar-refractivity contribution in [1.82, 2.24) is 14.8 Å². The number of aromatic nitrogens is 3. The zero-order valence-corrected chi connectivity index (χ0v) is 22.6. The summed E-state index contributed by atoms with van der Waals surface area (Å²) in [4.78, 5) is 12.1. The lowest BCUT2D eigenvalue weighted by Crippen LogP contribution is -2.25. The SMILES string of the molecule is Cc1cn[nH]c1-c1c(-c2ccc(NC(=O)OC(C)C)cc2)n(C2=CCC2)c2cc(OC3CCOCC3)ccc12. The van der Waals surface area contributed by atoms with Gasteiger partial charge in [0, 0.05) is 41.2 Å². The number of H-pyrrole nitrogens is 1. The van der Waals surface area contributed by atoms with Crippen molar-refractivity contribution in [3.8, 4) is 28.3 Å². The number of carbonyl (C=O) groups excluding carboxylic acids is 1. The van der Waals surface area contributed by atoms with Crippen LogP contribution in [-0.4, -0.2) is 46.3 Å². The Kier molecular flexibility index (Phi) is 6.87. The van der Waals surface area contributed by atoms with Crippen LogP contribution in [0.4, 0.5) is 10.5 Å². The number of nitrogens with one attached hydrogen (secondary N) is 2. The number of hydrogen-bond acceptors (Lipinski definition) is 5. The minimum Gasteiger partial charge on any atom is -0.490 e. The number of aryl methyl sites for hydroxylation is 1. The number of benzene rings is 2. The molecule has 1 aliphatic heterocycles. The molecular weight excluding hydrogens is 492 g/mol. The summed E-state index contributed by atoms with van der Waals surface area (Å²) in [7, 11) is 0. The number of anilines is 1. The molecule has 4 aromatic rings. The fourth-order valence-electron chi connectivity index (χ4n) is 5.30. The molecule has 2 aromatic carbocycles. The third-order valence-electron chi connectivity index (χ3n) is 7.30. The van der Waals surface area contributed by atoms with Gasteiger partial charge < -0.3 is 18.8 Å². The van der Waals surface area contributed by atoms with Crippen LogP contribution < -0.4 is 10.1 Å². The minimum absolute atomic E-state index is 0.166. The summed E-state index contributed by atoms with van der Waals surface area (Å²) in [6.07, 6.45) is 7.54. The molecule has 8 heteroatoms. The van der Waals surface area contributed by atoms with Crippen LogP contribution in [0.1, 0.15) is 45.1 Å². The van der Waals surface area contributed by atoms with Crippen molar-refractivity contribution in [2.75, 3.05) is 18.5 Å². The molecule has 1 saturated heterocycles. The van der Waals surface area contributed by atoms with E-state index in [1.807, 2.05) is 44.3 Å². The third kappa shape index (κ3) is 5.04. The highest BCUT2D eigenvalue weighted by molar-refractivity contribution is 6.07. The van der Waals surface area contributed by atoms with E-state index >= 15 is 0 Å². The Morgan fingerprint density at radius 2 is 1.92 bits per heavy atom. The molecule has 0 bridgehead atoms. The van der Waals surface area contributed by atoms with Gasteiger partial charge in [0.2, 0.25) is 0 Å². The van der Waals surface area contributed by atoms with Gasteiger partial charge in [-0.05, 0) is 69.0 Å². The first-order valence-corrected chi connectivity index (χ1v) is 13.7. The van der Waals surface area contributed by atoms with E-state index in [2.05, 4.69) is 51.3 Å². The van der Waals surface area contributed by atoms with Gasteiger partial charge in [-0.3, -0.25) is 10.4 Å². The number of rotatable bonds is 7. The summed E-state index contributed by atoms with van der Waals surface area (Å²) in [5.74, 6) is 0.871. The molecule has 0 spiro atoms. The first kappa shape index (κ1) is 25.2. The number of aromatic amines is 1. The molecule has 0 saturated carbocycles. The molecule has 0 atom stereocenters. The van der Waals surface area contributed by atoms with Gasteiger partial charge in [0.1, 0.15) is 11.9 Å². The third-order valence-corrected chi connectivity index (χ3v) is 7.30. The largest absolute Gasteiger partial charge is 0.490 e. The number of carbonyl (C=O) groups is 1. The molecule has 1 fully saturated rings. The first-order valence-electron chi connectivity index (χ1n) is 13.7. The minimum atomic E-state index is -0.461. The predicted molar refractivity (Wildman–Crippen MR) is 153 cm³/mol. The summed E-state index contributed by atoms with van der Waals surface area (Å²) in [6.45, 7) is 7.21. The normalized spacial score (nSPS) is 15.7. The van der Waals surface area contributed by atoms with Gasteiger partial charge in [0.25, 0.3) is 0 Å². The highest BCUT2D eigenvalue weighted by Crippen LogP contribution is 2.46. The second-order valence-corrected chi connectivity index (χ2v) is 10.5. The van der Waals surface area contributed by atoms with Crippen molar-refractivity contribution >= 4 is 28.4 Å². The Hall–Kier alpha value is -4.04. The van der Waals surface area contributed by atoms with E-state index in [0.717, 1.165) is 83.6 Å².